The molecule has 0 aromatic heterocycles. The van der Waals surface area contributed by atoms with Gasteiger partial charge in [0.1, 0.15) is 0 Å². The van der Waals surface area contributed by atoms with Gasteiger partial charge in [0.25, 0.3) is 0 Å². The molecule has 0 unspecified atom stereocenters. The van der Waals surface area contributed by atoms with Crippen LogP contribution in [-0.2, 0) is 0 Å². The number of hydrogen-bond donors (Lipinski definition) is 0. The van der Waals surface area contributed by atoms with Crippen LogP contribution < -0.4 is 17.0 Å². The topological polar surface area (TPSA) is 0 Å². The van der Waals surface area contributed by atoms with Gasteiger partial charge in [-0.25, -0.2) is 0 Å². The Labute approximate surface area is 204 Å². The normalized spacial score (nSPS) is 11.5. The van der Waals surface area contributed by atoms with Crippen LogP contribution in [0.5, 0.6) is 0 Å². The van der Waals surface area contributed by atoms with E-state index in [9.17, 15) is 0 Å². The molecule has 2 rings (SSSR count). The largest absolute Gasteiger partial charge is 1.00 e. The van der Waals surface area contributed by atoms with Gasteiger partial charge in [-0.3, -0.25) is 0 Å². The van der Waals surface area contributed by atoms with E-state index >= 15 is 0 Å². The van der Waals surface area contributed by atoms with Gasteiger partial charge in [-0.1, -0.05) is 12.1 Å². The minimum absolute atomic E-state index is 0. The molecule has 0 spiro atoms. The number of halogens is 1. The van der Waals surface area contributed by atoms with Crippen LogP contribution in [0.4, 0.5) is 0 Å². The summed E-state index contributed by atoms with van der Waals surface area (Å²) in [6.07, 6.45) is 0. The molecule has 0 radical (unpaired) electrons. The molecule has 0 heterocycles. The van der Waals surface area contributed by atoms with E-state index in [4.69, 9.17) is 0 Å². The van der Waals surface area contributed by atoms with Crippen molar-refractivity contribution in [2.45, 2.75) is 65.2 Å². The molecule has 0 N–H and O–H groups in total. The SMILES string of the molecule is Cc1cc(C)c(C)c(SCC[N+](C)(C)CCSc2c(C)c(C)cc(C)c2C)c1C.[Br-]. The first-order chi connectivity index (χ1) is 13.4. The van der Waals surface area contributed by atoms with Gasteiger partial charge in [0, 0.05) is 21.3 Å². The molecule has 0 amide bonds. The lowest BCUT2D eigenvalue weighted by atomic mass is 10.0. The van der Waals surface area contributed by atoms with E-state index in [2.05, 4.69) is 81.6 Å². The summed E-state index contributed by atoms with van der Waals surface area (Å²) in [5, 5.41) is 0. The van der Waals surface area contributed by atoms with E-state index in [0.717, 1.165) is 4.48 Å². The average Bonchev–Trinajstić information content (AvgIpc) is 2.64. The second-order valence-corrected chi connectivity index (χ2v) is 11.5. The molecule has 0 fully saturated rings. The first kappa shape index (κ1) is 27.6. The number of nitrogens with zero attached hydrogens (tertiary/aromatic N) is 1. The summed E-state index contributed by atoms with van der Waals surface area (Å²) >= 11 is 4.09. The van der Waals surface area contributed by atoms with E-state index in [1.54, 1.807) is 0 Å². The van der Waals surface area contributed by atoms with Crippen LogP contribution in [-0.4, -0.2) is 43.2 Å². The molecule has 4 heteroatoms. The van der Waals surface area contributed by atoms with Crippen molar-refractivity contribution in [3.05, 3.63) is 56.6 Å². The second kappa shape index (κ2) is 11.4. The zero-order valence-corrected chi connectivity index (χ0v) is 23.8. The Hall–Kier alpha value is -0.420. The van der Waals surface area contributed by atoms with Crippen molar-refractivity contribution in [1.29, 1.82) is 0 Å². The van der Waals surface area contributed by atoms with Crippen molar-refractivity contribution in [3.63, 3.8) is 0 Å². The van der Waals surface area contributed by atoms with E-state index in [1.807, 2.05) is 23.5 Å². The Morgan fingerprint density at radius 1 is 0.567 bits per heavy atom. The highest BCUT2D eigenvalue weighted by Crippen LogP contribution is 2.32. The molecular weight excluding hydrogens is 470 g/mol. The van der Waals surface area contributed by atoms with Gasteiger partial charge < -0.3 is 21.5 Å². The van der Waals surface area contributed by atoms with Crippen LogP contribution in [0, 0.1) is 55.4 Å². The molecule has 0 aliphatic rings. The fraction of sp³-hybridized carbons (Fsp3) is 0.538. The predicted octanol–water partition coefficient (Wildman–Crippen LogP) is 4.12. The first-order valence-corrected chi connectivity index (χ1v) is 12.6. The van der Waals surface area contributed by atoms with E-state index in [-0.39, 0.29) is 17.0 Å². The van der Waals surface area contributed by atoms with E-state index in [0.29, 0.717) is 0 Å². The Morgan fingerprint density at radius 3 is 1.10 bits per heavy atom. The van der Waals surface area contributed by atoms with Crippen molar-refractivity contribution in [2.75, 3.05) is 38.7 Å². The minimum atomic E-state index is 0. The summed E-state index contributed by atoms with van der Waals surface area (Å²) in [7, 11) is 4.76. The Bertz CT molecular complexity index is 764. The van der Waals surface area contributed by atoms with E-state index < -0.39 is 0 Å². The minimum Gasteiger partial charge on any atom is -1.00 e. The number of rotatable bonds is 8. The van der Waals surface area contributed by atoms with Crippen LogP contribution in [0.3, 0.4) is 0 Å². The van der Waals surface area contributed by atoms with Crippen molar-refractivity contribution in [2.24, 2.45) is 0 Å². The zero-order valence-electron chi connectivity index (χ0n) is 20.6. The number of thioether (sulfide) groups is 2. The summed E-state index contributed by atoms with van der Waals surface area (Å²) in [6.45, 7) is 20.4. The molecule has 0 saturated carbocycles. The fourth-order valence-electron chi connectivity index (χ4n) is 3.70. The average molecular weight is 511 g/mol. The number of aryl methyl sites for hydroxylation is 4. The van der Waals surface area contributed by atoms with Crippen LogP contribution in [0.1, 0.15) is 44.5 Å². The maximum Gasteiger partial charge on any atom is 0.0878 e. The van der Waals surface area contributed by atoms with Gasteiger partial charge in [-0.2, -0.15) is 0 Å². The molecule has 0 aliphatic carbocycles. The molecule has 2 aromatic rings. The third kappa shape index (κ3) is 6.79. The third-order valence-electron chi connectivity index (χ3n) is 6.48. The summed E-state index contributed by atoms with van der Waals surface area (Å²) in [5.41, 5.74) is 11.5. The summed E-state index contributed by atoms with van der Waals surface area (Å²) in [6, 6.07) is 4.64. The van der Waals surface area contributed by atoms with Gasteiger partial charge in [0.2, 0.25) is 0 Å². The highest BCUT2D eigenvalue weighted by Gasteiger charge is 2.17. The lowest BCUT2D eigenvalue weighted by Crippen LogP contribution is -3.00. The lowest BCUT2D eigenvalue weighted by molar-refractivity contribution is -0.885. The highest BCUT2D eigenvalue weighted by atomic mass is 79.9. The molecule has 168 valence electrons. The van der Waals surface area contributed by atoms with Crippen LogP contribution >= 0.6 is 23.5 Å². The van der Waals surface area contributed by atoms with Gasteiger partial charge in [0.05, 0.1) is 27.2 Å². The maximum absolute atomic E-state index is 2.38. The van der Waals surface area contributed by atoms with Crippen molar-refractivity contribution < 1.29 is 21.5 Å². The quantitative estimate of drug-likeness (QED) is 0.387. The Kier molecular flexibility index (Phi) is 10.5. The third-order valence-corrected chi connectivity index (χ3v) is 9.06. The van der Waals surface area contributed by atoms with Crippen LogP contribution in [0.2, 0.25) is 0 Å². The molecule has 30 heavy (non-hydrogen) atoms. The molecule has 0 atom stereocenters. The van der Waals surface area contributed by atoms with Gasteiger partial charge in [0.15, 0.2) is 0 Å². The summed E-state index contributed by atoms with van der Waals surface area (Å²) < 4.78 is 1.08. The molecule has 1 nitrogen and oxygen atoms in total. The number of quaternary nitrogens is 1. The van der Waals surface area contributed by atoms with E-state index in [1.165, 1.54) is 78.9 Å². The van der Waals surface area contributed by atoms with Gasteiger partial charge >= 0.3 is 0 Å². The van der Waals surface area contributed by atoms with Crippen LogP contribution in [0.25, 0.3) is 0 Å². The molecule has 2 aromatic carbocycles. The zero-order chi connectivity index (χ0) is 21.9. The van der Waals surface area contributed by atoms with Crippen molar-refractivity contribution in [3.8, 4) is 0 Å². The van der Waals surface area contributed by atoms with Gasteiger partial charge in [-0.15, -0.1) is 23.5 Å². The second-order valence-electron chi connectivity index (χ2n) is 9.26. The lowest BCUT2D eigenvalue weighted by Gasteiger charge is -2.30. The fourth-order valence-corrected chi connectivity index (χ4v) is 6.79. The monoisotopic (exact) mass is 509 g/mol. The standard InChI is InChI=1S/C26H40NS2.BrH/c1-17-15-18(2)22(6)25(21(17)5)28-13-11-27(9,10)12-14-29-26-23(7)19(3)16-20(4)24(26)8;/h15-16H,11-14H2,1-10H3;1H/q+1;/p-1. The molecule has 0 aliphatic heterocycles. The molecular formula is C26H40BrNS2. The van der Waals surface area contributed by atoms with Crippen molar-refractivity contribution >= 4 is 23.5 Å². The van der Waals surface area contributed by atoms with Gasteiger partial charge in [-0.05, 0) is 99.9 Å². The molecule has 0 bridgehead atoms. The number of benzene rings is 2. The smallest absolute Gasteiger partial charge is 0.0878 e. The van der Waals surface area contributed by atoms with Crippen LogP contribution in [0.15, 0.2) is 21.9 Å². The predicted molar refractivity (Wildman–Crippen MR) is 134 cm³/mol. The summed E-state index contributed by atoms with van der Waals surface area (Å²) in [4.78, 5) is 3.00. The Morgan fingerprint density at radius 2 is 0.833 bits per heavy atom. The van der Waals surface area contributed by atoms with Crippen molar-refractivity contribution in [1.82, 2.24) is 0 Å². The summed E-state index contributed by atoms with van der Waals surface area (Å²) in [5.74, 6) is 2.34. The first-order valence-electron chi connectivity index (χ1n) is 10.7. The number of hydrogen-bond acceptors (Lipinski definition) is 2. The highest BCUT2D eigenvalue weighted by molar-refractivity contribution is 7.99. The Balaban J connectivity index is 0.00000450. The maximum atomic E-state index is 2.38. The molecule has 0 saturated heterocycles.